The van der Waals surface area contributed by atoms with Crippen LogP contribution < -0.4 is 0 Å². The monoisotopic (exact) mass is 516 g/mol. The van der Waals surface area contributed by atoms with E-state index in [2.05, 4.69) is 0 Å². The van der Waals surface area contributed by atoms with Crippen LogP contribution in [0.3, 0.4) is 0 Å². The molecule has 1 unspecified atom stereocenters. The highest BCUT2D eigenvalue weighted by molar-refractivity contribution is 6.24. The lowest BCUT2D eigenvalue weighted by Crippen LogP contribution is -2.69. The van der Waals surface area contributed by atoms with E-state index >= 15 is 0 Å². The van der Waals surface area contributed by atoms with Crippen LogP contribution in [0.2, 0.25) is 0 Å². The van der Waals surface area contributed by atoms with E-state index in [1.54, 1.807) is 33.8 Å². The van der Waals surface area contributed by atoms with Crippen LogP contribution in [0.25, 0.3) is 16.9 Å². The molecule has 0 amide bonds. The van der Waals surface area contributed by atoms with Gasteiger partial charge in [0.15, 0.2) is 17.2 Å². The van der Waals surface area contributed by atoms with Crippen molar-refractivity contribution < 1.29 is 34.8 Å². The Morgan fingerprint density at radius 3 is 2.21 bits per heavy atom. The Hall–Kier alpha value is -3.71. The zero-order valence-electron chi connectivity index (χ0n) is 22.1. The number of ketones is 3. The summed E-state index contributed by atoms with van der Waals surface area (Å²) in [7, 11) is 0. The van der Waals surface area contributed by atoms with Gasteiger partial charge in [-0.1, -0.05) is 64.1 Å². The SMILES string of the molecule is CC(=O)C1=C(O)[C@]2(O)C(=O)C3=C(O)c4c(O)ccc(-c5ccccc5)c4C[C@]3(C)C[C@]2(C)C(C(C)C)C1=O. The van der Waals surface area contributed by atoms with Gasteiger partial charge < -0.3 is 20.4 Å². The van der Waals surface area contributed by atoms with E-state index in [-0.39, 0.29) is 35.6 Å². The van der Waals surface area contributed by atoms with E-state index in [9.17, 15) is 34.8 Å². The number of hydrogen-bond acceptors (Lipinski definition) is 7. The molecule has 0 bridgehead atoms. The molecular formula is C31H32O7. The molecule has 5 rings (SSSR count). The lowest BCUT2D eigenvalue weighted by molar-refractivity contribution is -0.178. The number of carbonyl (C=O) groups excluding carboxylic acids is 3. The number of aliphatic hydroxyl groups is 3. The van der Waals surface area contributed by atoms with Gasteiger partial charge in [0.25, 0.3) is 0 Å². The first kappa shape index (κ1) is 25.9. The molecule has 0 aromatic heterocycles. The van der Waals surface area contributed by atoms with Crippen LogP contribution in [-0.2, 0) is 20.8 Å². The highest BCUT2D eigenvalue weighted by Gasteiger charge is 2.72. The third-order valence-electron chi connectivity index (χ3n) is 8.97. The van der Waals surface area contributed by atoms with Gasteiger partial charge in [0.1, 0.15) is 22.8 Å². The van der Waals surface area contributed by atoms with Gasteiger partial charge in [-0.2, -0.15) is 0 Å². The van der Waals surface area contributed by atoms with Gasteiger partial charge in [0.2, 0.25) is 5.78 Å². The van der Waals surface area contributed by atoms with Crippen LogP contribution in [0.1, 0.15) is 52.2 Å². The van der Waals surface area contributed by atoms with Gasteiger partial charge in [0, 0.05) is 22.3 Å². The topological polar surface area (TPSA) is 132 Å². The number of allylic oxidation sites excluding steroid dienone is 1. The molecule has 38 heavy (non-hydrogen) atoms. The number of benzene rings is 2. The maximum absolute atomic E-state index is 14.3. The summed E-state index contributed by atoms with van der Waals surface area (Å²) in [4.78, 5) is 40.3. The van der Waals surface area contributed by atoms with Crippen LogP contribution in [0.15, 0.2) is 59.4 Å². The van der Waals surface area contributed by atoms with E-state index in [1.165, 1.54) is 6.07 Å². The molecule has 7 heteroatoms. The van der Waals surface area contributed by atoms with Gasteiger partial charge in [-0.15, -0.1) is 0 Å². The Morgan fingerprint density at radius 2 is 1.63 bits per heavy atom. The molecule has 2 aromatic rings. The van der Waals surface area contributed by atoms with Gasteiger partial charge in [-0.25, -0.2) is 0 Å². The van der Waals surface area contributed by atoms with Crippen molar-refractivity contribution in [1.82, 2.24) is 0 Å². The Morgan fingerprint density at radius 1 is 1.00 bits per heavy atom. The number of phenols is 1. The molecule has 3 aliphatic carbocycles. The minimum Gasteiger partial charge on any atom is -0.508 e. The van der Waals surface area contributed by atoms with Crippen molar-refractivity contribution in [2.45, 2.75) is 53.1 Å². The Labute approximate surface area is 221 Å². The number of rotatable bonds is 3. The van der Waals surface area contributed by atoms with Crippen molar-refractivity contribution in [1.29, 1.82) is 0 Å². The largest absolute Gasteiger partial charge is 0.508 e. The second kappa shape index (κ2) is 8.14. The van der Waals surface area contributed by atoms with Crippen molar-refractivity contribution in [3.63, 3.8) is 0 Å². The number of aromatic hydroxyl groups is 1. The van der Waals surface area contributed by atoms with E-state index in [1.807, 2.05) is 30.3 Å². The summed E-state index contributed by atoms with van der Waals surface area (Å²) in [5.41, 5.74) is -3.44. The molecule has 198 valence electrons. The zero-order valence-corrected chi connectivity index (χ0v) is 22.1. The van der Waals surface area contributed by atoms with Crippen molar-refractivity contribution in [3.05, 3.63) is 70.5 Å². The molecule has 4 N–H and O–H groups in total. The molecule has 1 fully saturated rings. The molecule has 0 radical (unpaired) electrons. The summed E-state index contributed by atoms with van der Waals surface area (Å²) in [5.74, 6) is -5.26. The first-order valence-electron chi connectivity index (χ1n) is 12.8. The predicted molar refractivity (Wildman–Crippen MR) is 141 cm³/mol. The fourth-order valence-corrected chi connectivity index (χ4v) is 7.61. The van der Waals surface area contributed by atoms with Gasteiger partial charge >= 0.3 is 0 Å². The summed E-state index contributed by atoms with van der Waals surface area (Å²) >= 11 is 0. The molecule has 7 nitrogen and oxygen atoms in total. The molecule has 0 aliphatic heterocycles. The molecule has 0 heterocycles. The quantitative estimate of drug-likeness (QED) is 0.429. The highest BCUT2D eigenvalue weighted by Crippen LogP contribution is 2.65. The van der Waals surface area contributed by atoms with Crippen LogP contribution in [0.5, 0.6) is 5.75 Å². The fraction of sp³-hybridized carbons (Fsp3) is 0.387. The van der Waals surface area contributed by atoms with Crippen LogP contribution in [0, 0.1) is 22.7 Å². The Balaban J connectivity index is 1.83. The number of hydrogen-bond donors (Lipinski definition) is 4. The number of aliphatic hydroxyl groups excluding tert-OH is 2. The van der Waals surface area contributed by atoms with Gasteiger partial charge in [0.05, 0.1) is 5.56 Å². The van der Waals surface area contributed by atoms with E-state index in [4.69, 9.17) is 0 Å². The number of phenolic OH excluding ortho intramolecular Hbond substituents is 1. The normalized spacial score (nSPS) is 30.8. The minimum atomic E-state index is -2.61. The molecule has 0 spiro atoms. The Kier molecular flexibility index (Phi) is 5.55. The smallest absolute Gasteiger partial charge is 0.203 e. The van der Waals surface area contributed by atoms with Crippen LogP contribution in [-0.4, -0.2) is 43.4 Å². The highest BCUT2D eigenvalue weighted by atomic mass is 16.3. The van der Waals surface area contributed by atoms with Crippen molar-refractivity contribution in [3.8, 4) is 16.9 Å². The van der Waals surface area contributed by atoms with Crippen LogP contribution >= 0.6 is 0 Å². The standard InChI is InChI=1S/C31H32O7/c1-15(2)23-25(34)21(16(3)32)27(36)31(38)28(37)24-26(35)22-19(13-29(24,4)14-30(23,31)5)18(11-12-20(22)33)17-9-7-6-8-10-17/h6-12,15,23,33,35-36,38H,13-14H2,1-5H3/t23?,29-,30-,31+/m1/s1. The van der Waals surface area contributed by atoms with Crippen LogP contribution in [0.4, 0.5) is 0 Å². The maximum atomic E-state index is 14.3. The predicted octanol–water partition coefficient (Wildman–Crippen LogP) is 4.86. The van der Waals surface area contributed by atoms with Crippen molar-refractivity contribution in [2.24, 2.45) is 22.7 Å². The Bertz CT molecular complexity index is 1480. The lowest BCUT2D eigenvalue weighted by Gasteiger charge is -2.59. The molecule has 3 aliphatic rings. The molecule has 2 aromatic carbocycles. The maximum Gasteiger partial charge on any atom is 0.203 e. The van der Waals surface area contributed by atoms with E-state index in [0.717, 1.165) is 18.1 Å². The third kappa shape index (κ3) is 3.08. The summed E-state index contributed by atoms with van der Waals surface area (Å²) in [6.07, 6.45) is 0.301. The van der Waals surface area contributed by atoms with Crippen molar-refractivity contribution >= 4 is 23.1 Å². The summed E-state index contributed by atoms with van der Waals surface area (Å²) in [6, 6.07) is 12.7. The third-order valence-corrected chi connectivity index (χ3v) is 8.97. The van der Waals surface area contributed by atoms with E-state index < -0.39 is 56.8 Å². The first-order valence-corrected chi connectivity index (χ1v) is 12.8. The molecular weight excluding hydrogens is 484 g/mol. The summed E-state index contributed by atoms with van der Waals surface area (Å²) < 4.78 is 0. The average molecular weight is 517 g/mol. The second-order valence-corrected chi connectivity index (χ2v) is 11.8. The summed E-state index contributed by atoms with van der Waals surface area (Å²) in [6.45, 7) is 8.08. The summed E-state index contributed by atoms with van der Waals surface area (Å²) in [5, 5.41) is 45.7. The van der Waals surface area contributed by atoms with E-state index in [0.29, 0.717) is 5.56 Å². The average Bonchev–Trinajstić information content (AvgIpc) is 2.81. The number of fused-ring (bicyclic) bond motifs is 3. The first-order chi connectivity index (χ1) is 17.7. The molecule has 4 atom stereocenters. The zero-order chi connectivity index (χ0) is 27.9. The fourth-order valence-electron chi connectivity index (χ4n) is 7.61. The van der Waals surface area contributed by atoms with Gasteiger partial charge in [-0.3, -0.25) is 14.4 Å². The lowest BCUT2D eigenvalue weighted by atomic mass is 9.43. The second-order valence-electron chi connectivity index (χ2n) is 11.8. The van der Waals surface area contributed by atoms with Crippen molar-refractivity contribution in [2.75, 3.05) is 0 Å². The minimum absolute atomic E-state index is 0.0643. The molecule has 0 saturated heterocycles. The molecule has 1 saturated carbocycles. The number of Topliss-reactive ketones (excluding diaryl/α,β-unsaturated/α-hetero) is 3. The number of carbonyl (C=O) groups is 3. The van der Waals surface area contributed by atoms with Gasteiger partial charge in [-0.05, 0) is 48.4 Å².